The molecule has 0 unspecified atom stereocenters. The molecule has 2 heterocycles. The minimum absolute atomic E-state index is 0.0208. The van der Waals surface area contributed by atoms with Crippen molar-refractivity contribution < 1.29 is 9.90 Å². The van der Waals surface area contributed by atoms with Gasteiger partial charge in [-0.05, 0) is 12.0 Å². The van der Waals surface area contributed by atoms with E-state index in [9.17, 15) is 14.7 Å². The zero-order valence-corrected chi connectivity index (χ0v) is 13.8. The molecule has 0 saturated carbocycles. The van der Waals surface area contributed by atoms with Crippen LogP contribution in [0.3, 0.4) is 0 Å². The third kappa shape index (κ3) is 3.37. The molecule has 1 N–H and O–H groups in total. The summed E-state index contributed by atoms with van der Waals surface area (Å²) in [6.45, 7) is 0.447. The van der Waals surface area contributed by atoms with Crippen molar-refractivity contribution in [3.63, 3.8) is 0 Å². The first-order chi connectivity index (χ1) is 11.7. The fourth-order valence-corrected chi connectivity index (χ4v) is 3.16. The van der Waals surface area contributed by atoms with Crippen LogP contribution in [0.25, 0.3) is 4.96 Å². The number of fused-ring (bicyclic) bond motifs is 1. The number of rotatable bonds is 6. The van der Waals surface area contributed by atoms with Gasteiger partial charge < -0.3 is 10.0 Å². The van der Waals surface area contributed by atoms with Crippen LogP contribution in [0.2, 0.25) is 0 Å². The Hall–Kier alpha value is -2.51. The number of thiazole rings is 1. The van der Waals surface area contributed by atoms with Crippen molar-refractivity contribution in [1.29, 1.82) is 0 Å². The molecule has 3 rings (SSSR count). The van der Waals surface area contributed by atoms with Crippen molar-refractivity contribution in [2.75, 3.05) is 19.7 Å². The van der Waals surface area contributed by atoms with Gasteiger partial charge >= 0.3 is 0 Å². The number of aliphatic hydroxyl groups is 1. The van der Waals surface area contributed by atoms with Crippen LogP contribution < -0.4 is 5.56 Å². The maximum absolute atomic E-state index is 12.7. The first kappa shape index (κ1) is 16.4. The molecule has 0 aliphatic rings. The lowest BCUT2D eigenvalue weighted by Crippen LogP contribution is -2.38. The maximum Gasteiger partial charge on any atom is 0.271 e. The van der Waals surface area contributed by atoms with Gasteiger partial charge in [-0.15, -0.1) is 11.3 Å². The molecule has 24 heavy (non-hydrogen) atoms. The van der Waals surface area contributed by atoms with Gasteiger partial charge in [0.15, 0.2) is 4.96 Å². The number of amides is 1. The van der Waals surface area contributed by atoms with Crippen LogP contribution >= 0.6 is 11.3 Å². The lowest BCUT2D eigenvalue weighted by atomic mass is 10.1. The van der Waals surface area contributed by atoms with Crippen LogP contribution in [0.4, 0.5) is 0 Å². The van der Waals surface area contributed by atoms with Crippen molar-refractivity contribution >= 4 is 22.2 Å². The van der Waals surface area contributed by atoms with Gasteiger partial charge in [0, 0.05) is 30.9 Å². The summed E-state index contributed by atoms with van der Waals surface area (Å²) in [4.78, 5) is 31.3. The molecule has 124 valence electrons. The summed E-state index contributed by atoms with van der Waals surface area (Å²) in [6.07, 6.45) is 3.58. The number of hydrogen-bond acceptors (Lipinski definition) is 5. The molecule has 1 amide bonds. The van der Waals surface area contributed by atoms with Crippen molar-refractivity contribution in [3.8, 4) is 0 Å². The summed E-state index contributed by atoms with van der Waals surface area (Å²) in [6, 6.07) is 9.77. The average Bonchev–Trinajstić information content (AvgIpc) is 3.09. The number of carbonyl (C=O) groups excluding carboxylic acids is 1. The molecule has 0 fully saturated rings. The first-order valence-corrected chi connectivity index (χ1v) is 8.47. The van der Waals surface area contributed by atoms with Crippen LogP contribution in [-0.2, 0) is 6.42 Å². The number of nitrogens with zero attached hydrogens (tertiary/aromatic N) is 3. The summed E-state index contributed by atoms with van der Waals surface area (Å²) in [5.41, 5.74) is 0.734. The zero-order valence-electron chi connectivity index (χ0n) is 13.0. The van der Waals surface area contributed by atoms with Gasteiger partial charge in [-0.3, -0.25) is 14.0 Å². The van der Waals surface area contributed by atoms with Crippen LogP contribution in [0, 0.1) is 0 Å². The molecule has 0 aliphatic carbocycles. The molecule has 0 aliphatic heterocycles. The molecule has 0 saturated heterocycles. The van der Waals surface area contributed by atoms with Crippen molar-refractivity contribution in [1.82, 2.24) is 14.3 Å². The molecule has 0 atom stereocenters. The van der Waals surface area contributed by atoms with E-state index in [2.05, 4.69) is 4.98 Å². The Morgan fingerprint density at radius 2 is 2.04 bits per heavy atom. The number of carbonyl (C=O) groups is 1. The van der Waals surface area contributed by atoms with Crippen molar-refractivity contribution in [2.24, 2.45) is 0 Å². The van der Waals surface area contributed by atoms with E-state index >= 15 is 0 Å². The Bertz CT molecular complexity index is 889. The molecule has 6 nitrogen and oxygen atoms in total. The van der Waals surface area contributed by atoms with Gasteiger partial charge in [0.05, 0.1) is 6.61 Å². The fraction of sp³-hybridized carbons (Fsp3) is 0.235. The highest BCUT2D eigenvalue weighted by Gasteiger charge is 2.20. The number of benzene rings is 1. The van der Waals surface area contributed by atoms with E-state index in [1.54, 1.807) is 11.6 Å². The van der Waals surface area contributed by atoms with Gasteiger partial charge in [0.2, 0.25) is 0 Å². The van der Waals surface area contributed by atoms with Gasteiger partial charge in [-0.2, -0.15) is 0 Å². The monoisotopic (exact) mass is 343 g/mol. The number of aromatic nitrogens is 2. The fourth-order valence-electron chi connectivity index (χ4n) is 2.49. The normalized spacial score (nSPS) is 10.9. The first-order valence-electron chi connectivity index (χ1n) is 7.59. The zero-order chi connectivity index (χ0) is 16.9. The topological polar surface area (TPSA) is 74.9 Å². The van der Waals surface area contributed by atoms with E-state index in [-0.39, 0.29) is 24.3 Å². The molecular weight excluding hydrogens is 326 g/mol. The predicted octanol–water partition coefficient (Wildman–Crippen LogP) is 1.43. The standard InChI is InChI=1S/C17H17N3O3S/c21-10-8-19(7-6-13-4-2-1-3-5-13)15(22)14-12-18-17-20(16(14)23)9-11-24-17/h1-5,9,11-12,21H,6-8,10H2. The number of aliphatic hydroxyl groups excluding tert-OH is 1. The van der Waals surface area contributed by atoms with E-state index in [1.165, 1.54) is 26.8 Å². The Morgan fingerprint density at radius 3 is 2.79 bits per heavy atom. The molecule has 3 aromatic rings. The minimum Gasteiger partial charge on any atom is -0.395 e. The molecule has 0 bridgehead atoms. The Morgan fingerprint density at radius 1 is 1.25 bits per heavy atom. The Kier molecular flexibility index (Phi) is 5.02. The molecule has 7 heteroatoms. The van der Waals surface area contributed by atoms with E-state index in [4.69, 9.17) is 0 Å². The lowest BCUT2D eigenvalue weighted by molar-refractivity contribution is 0.0721. The highest BCUT2D eigenvalue weighted by Crippen LogP contribution is 2.08. The summed E-state index contributed by atoms with van der Waals surface area (Å²) >= 11 is 1.34. The Labute approximate surface area is 142 Å². The highest BCUT2D eigenvalue weighted by atomic mass is 32.1. The van der Waals surface area contributed by atoms with E-state index < -0.39 is 5.91 Å². The quantitative estimate of drug-likeness (QED) is 0.735. The maximum atomic E-state index is 12.7. The molecule has 2 aromatic heterocycles. The summed E-state index contributed by atoms with van der Waals surface area (Å²) < 4.78 is 1.37. The van der Waals surface area contributed by atoms with E-state index in [0.717, 1.165) is 5.56 Å². The summed E-state index contributed by atoms with van der Waals surface area (Å²) in [7, 11) is 0. The van der Waals surface area contributed by atoms with Gasteiger partial charge in [0.25, 0.3) is 11.5 Å². The smallest absolute Gasteiger partial charge is 0.271 e. The van der Waals surface area contributed by atoms with Gasteiger partial charge in [0.1, 0.15) is 5.56 Å². The minimum atomic E-state index is -0.405. The van der Waals surface area contributed by atoms with Crippen LogP contribution in [0.1, 0.15) is 15.9 Å². The second-order valence-corrected chi connectivity index (χ2v) is 6.16. The average molecular weight is 343 g/mol. The SMILES string of the molecule is O=C(c1cnc2sccn2c1=O)N(CCO)CCc1ccccc1. The molecular formula is C17H17N3O3S. The van der Waals surface area contributed by atoms with E-state index in [1.807, 2.05) is 30.3 Å². The third-order valence-electron chi connectivity index (χ3n) is 3.74. The summed E-state index contributed by atoms with van der Waals surface area (Å²) in [5.74, 6) is -0.405. The summed E-state index contributed by atoms with van der Waals surface area (Å²) in [5, 5.41) is 11.0. The highest BCUT2D eigenvalue weighted by molar-refractivity contribution is 7.15. The molecule has 1 aromatic carbocycles. The second kappa shape index (κ2) is 7.37. The van der Waals surface area contributed by atoms with E-state index in [0.29, 0.717) is 17.9 Å². The van der Waals surface area contributed by atoms with Crippen LogP contribution in [0.5, 0.6) is 0 Å². The van der Waals surface area contributed by atoms with Crippen LogP contribution in [-0.4, -0.2) is 45.0 Å². The second-order valence-electron chi connectivity index (χ2n) is 5.28. The molecule has 0 radical (unpaired) electrons. The van der Waals surface area contributed by atoms with Crippen molar-refractivity contribution in [2.45, 2.75) is 6.42 Å². The predicted molar refractivity (Wildman–Crippen MR) is 92.5 cm³/mol. The van der Waals surface area contributed by atoms with Crippen molar-refractivity contribution in [3.05, 3.63) is 69.6 Å². The van der Waals surface area contributed by atoms with Gasteiger partial charge in [-0.25, -0.2) is 4.98 Å². The molecule has 0 spiro atoms. The van der Waals surface area contributed by atoms with Gasteiger partial charge in [-0.1, -0.05) is 30.3 Å². The Balaban J connectivity index is 1.82. The van der Waals surface area contributed by atoms with Crippen LogP contribution in [0.15, 0.2) is 52.9 Å². The third-order valence-corrected chi connectivity index (χ3v) is 4.51. The number of hydrogen-bond donors (Lipinski definition) is 1. The largest absolute Gasteiger partial charge is 0.395 e. The lowest BCUT2D eigenvalue weighted by Gasteiger charge is -2.21.